The molecule has 0 bridgehead atoms. The van der Waals surface area contributed by atoms with Gasteiger partial charge in [0.2, 0.25) is 5.95 Å². The molecule has 2 aliphatic rings. The highest BCUT2D eigenvalue weighted by atomic mass is 19.4. The smallest absolute Gasteiger partial charge is 0.475 e. The topological polar surface area (TPSA) is 166 Å². The van der Waals surface area contributed by atoms with Gasteiger partial charge in [-0.15, -0.1) is 0 Å². The number of hydrogen-bond acceptors (Lipinski definition) is 9. The number of hydrogen-bond donors (Lipinski definition) is 3. The van der Waals surface area contributed by atoms with Gasteiger partial charge < -0.3 is 25.0 Å². The second-order valence-corrected chi connectivity index (χ2v) is 9.01. The quantitative estimate of drug-likeness (QED) is 0.408. The van der Waals surface area contributed by atoms with Crippen LogP contribution in [0.4, 0.5) is 45.5 Å². The van der Waals surface area contributed by atoms with E-state index in [9.17, 15) is 39.5 Å². The van der Waals surface area contributed by atoms with E-state index in [0.29, 0.717) is 0 Å². The molecule has 0 aliphatic carbocycles. The van der Waals surface area contributed by atoms with Gasteiger partial charge in [0.1, 0.15) is 0 Å². The summed E-state index contributed by atoms with van der Waals surface area (Å²) in [4.78, 5) is 44.6. The molecule has 12 nitrogen and oxygen atoms in total. The molecule has 2 saturated heterocycles. The summed E-state index contributed by atoms with van der Waals surface area (Å²) in [5, 5.41) is 21.4. The number of piperidine rings is 1. The van der Waals surface area contributed by atoms with E-state index in [0.717, 1.165) is 63.8 Å². The molecule has 0 unspecified atom stereocenters. The number of halogens is 9. The Morgan fingerprint density at radius 2 is 1.18 bits per heavy atom. The normalized spacial score (nSPS) is 16.5. The molecule has 21 heteroatoms. The summed E-state index contributed by atoms with van der Waals surface area (Å²) >= 11 is 0. The van der Waals surface area contributed by atoms with Gasteiger partial charge in [-0.2, -0.15) is 39.5 Å². The molecule has 3 N–H and O–H groups in total. The number of alkyl halides is 9. The molecule has 2 aromatic heterocycles. The molecule has 2 fully saturated rings. The Labute approximate surface area is 248 Å². The molecule has 1 spiro atoms. The summed E-state index contributed by atoms with van der Waals surface area (Å²) in [6.07, 6.45) is -7.74. The molecule has 2 aromatic rings. The van der Waals surface area contributed by atoms with Gasteiger partial charge in [-0.1, -0.05) is 6.07 Å². The largest absolute Gasteiger partial charge is 0.490 e. The number of anilines is 1. The van der Waals surface area contributed by atoms with E-state index in [1.165, 1.54) is 0 Å². The lowest BCUT2D eigenvalue weighted by molar-refractivity contribution is -0.193. The third-order valence-corrected chi connectivity index (χ3v) is 5.68. The first-order valence-corrected chi connectivity index (χ1v) is 12.3. The average Bonchev–Trinajstić information content (AvgIpc) is 2.94. The monoisotopic (exact) mass is 667 g/mol. The maximum absolute atomic E-state index is 10.6. The fourth-order valence-corrected chi connectivity index (χ4v) is 3.65. The lowest BCUT2D eigenvalue weighted by Gasteiger charge is -2.47. The summed E-state index contributed by atoms with van der Waals surface area (Å²) in [6.45, 7) is 5.55. The van der Waals surface area contributed by atoms with Crippen molar-refractivity contribution >= 4 is 23.9 Å². The molecular formula is C24H26F9N5O7. The second kappa shape index (κ2) is 16.7. The number of carboxylic acids is 3. The summed E-state index contributed by atoms with van der Waals surface area (Å²) in [5.74, 6) is -7.44. The van der Waals surface area contributed by atoms with Crippen LogP contribution in [0.3, 0.4) is 0 Å². The Morgan fingerprint density at radius 1 is 0.733 bits per heavy atom. The van der Waals surface area contributed by atoms with Crippen LogP contribution in [0.1, 0.15) is 18.5 Å². The van der Waals surface area contributed by atoms with Crippen molar-refractivity contribution in [3.63, 3.8) is 0 Å². The third-order valence-electron chi connectivity index (χ3n) is 5.68. The van der Waals surface area contributed by atoms with Crippen molar-refractivity contribution < 1.29 is 74.0 Å². The van der Waals surface area contributed by atoms with Crippen LogP contribution >= 0.6 is 0 Å². The zero-order chi connectivity index (χ0) is 34.5. The predicted octanol–water partition coefficient (Wildman–Crippen LogP) is 3.64. The molecule has 4 rings (SSSR count). The number of morpholine rings is 1. The molecule has 45 heavy (non-hydrogen) atoms. The molecule has 0 radical (unpaired) electrons. The van der Waals surface area contributed by atoms with Gasteiger partial charge in [-0.05, 0) is 31.0 Å². The van der Waals surface area contributed by atoms with Gasteiger partial charge >= 0.3 is 36.4 Å². The molecule has 0 amide bonds. The number of pyridine rings is 1. The minimum Gasteiger partial charge on any atom is -0.475 e. The predicted molar refractivity (Wildman–Crippen MR) is 133 cm³/mol. The Balaban J connectivity index is 0.000000396. The first-order chi connectivity index (χ1) is 20.7. The molecule has 0 saturated carbocycles. The summed E-state index contributed by atoms with van der Waals surface area (Å²) in [7, 11) is 0. The average molecular weight is 667 g/mol. The number of carboxylic acid groups (broad SMARTS) is 3. The Hall–Kier alpha value is -4.27. The van der Waals surface area contributed by atoms with Gasteiger partial charge in [0.05, 0.1) is 17.9 Å². The van der Waals surface area contributed by atoms with Crippen molar-refractivity contribution in [3.05, 3.63) is 48.5 Å². The molecule has 4 heterocycles. The van der Waals surface area contributed by atoms with E-state index < -0.39 is 36.4 Å². The van der Waals surface area contributed by atoms with Crippen molar-refractivity contribution in [1.29, 1.82) is 0 Å². The second-order valence-electron chi connectivity index (χ2n) is 9.01. The number of ether oxygens (including phenoxy) is 1. The van der Waals surface area contributed by atoms with Crippen LogP contribution in [0.5, 0.6) is 0 Å². The van der Waals surface area contributed by atoms with E-state index in [2.05, 4.69) is 36.9 Å². The molecular weight excluding hydrogens is 641 g/mol. The van der Waals surface area contributed by atoms with Crippen molar-refractivity contribution in [2.45, 2.75) is 43.5 Å². The van der Waals surface area contributed by atoms with Gasteiger partial charge in [-0.25, -0.2) is 24.4 Å². The van der Waals surface area contributed by atoms with Gasteiger partial charge in [0, 0.05) is 51.3 Å². The van der Waals surface area contributed by atoms with Crippen LogP contribution in [-0.4, -0.2) is 110 Å². The van der Waals surface area contributed by atoms with Crippen LogP contribution in [0.15, 0.2) is 42.9 Å². The van der Waals surface area contributed by atoms with Crippen molar-refractivity contribution in [3.8, 4) is 0 Å². The van der Waals surface area contributed by atoms with Gasteiger partial charge in [-0.3, -0.25) is 9.88 Å². The SMILES string of the molecule is O=C(O)C(F)(F)F.O=C(O)C(F)(F)F.O=C(O)C(F)(F)F.c1ccc(CN2CCOC3(CCN(c4ncccn4)CC3)C2)nc1. The number of aromatic nitrogens is 3. The fourth-order valence-electron chi connectivity index (χ4n) is 3.65. The Bertz CT molecular complexity index is 1150. The van der Waals surface area contributed by atoms with E-state index in [1.54, 1.807) is 12.4 Å². The standard InChI is InChI=1S/C18H23N5O.3C2HF3O2/c1-2-7-19-16(4-1)14-22-12-13-24-18(15-22)5-10-23(11-6-18)17-20-8-3-9-21-17;3*3-2(4,5)1(6)7/h1-4,7-9H,5-6,10-15H2;3*(H,6,7). The molecule has 0 aromatic carbocycles. The maximum Gasteiger partial charge on any atom is 0.490 e. The highest BCUT2D eigenvalue weighted by molar-refractivity contribution is 5.73. The van der Waals surface area contributed by atoms with Crippen molar-refractivity contribution in [2.24, 2.45) is 0 Å². The molecule has 2 aliphatic heterocycles. The lowest BCUT2D eigenvalue weighted by Crippen LogP contribution is -2.56. The maximum atomic E-state index is 10.6. The van der Waals surface area contributed by atoms with E-state index in [4.69, 9.17) is 34.4 Å². The van der Waals surface area contributed by atoms with Crippen LogP contribution in [0.2, 0.25) is 0 Å². The van der Waals surface area contributed by atoms with Crippen LogP contribution in [-0.2, 0) is 25.7 Å². The zero-order valence-electron chi connectivity index (χ0n) is 22.8. The third kappa shape index (κ3) is 14.8. The highest BCUT2D eigenvalue weighted by Crippen LogP contribution is 2.31. The first kappa shape index (κ1) is 38.8. The number of nitrogens with zero attached hydrogens (tertiary/aromatic N) is 5. The van der Waals surface area contributed by atoms with Crippen molar-refractivity contribution in [1.82, 2.24) is 19.9 Å². The summed E-state index contributed by atoms with van der Waals surface area (Å²) < 4.78 is 101. The number of carbonyl (C=O) groups is 3. The van der Waals surface area contributed by atoms with E-state index >= 15 is 0 Å². The first-order valence-electron chi connectivity index (χ1n) is 12.3. The minimum absolute atomic E-state index is 0.0295. The Morgan fingerprint density at radius 3 is 1.58 bits per heavy atom. The van der Waals surface area contributed by atoms with Crippen LogP contribution in [0, 0.1) is 0 Å². The van der Waals surface area contributed by atoms with Gasteiger partial charge in [0.25, 0.3) is 0 Å². The molecule has 252 valence electrons. The Kier molecular flexibility index (Phi) is 14.4. The van der Waals surface area contributed by atoms with Crippen LogP contribution in [0.25, 0.3) is 0 Å². The lowest BCUT2D eigenvalue weighted by atomic mass is 9.89. The zero-order valence-corrected chi connectivity index (χ0v) is 22.8. The highest BCUT2D eigenvalue weighted by Gasteiger charge is 2.41. The summed E-state index contributed by atoms with van der Waals surface area (Å²) in [6, 6.07) is 7.97. The number of aliphatic carboxylic acids is 3. The van der Waals surface area contributed by atoms with E-state index in [1.807, 2.05) is 18.3 Å². The fraction of sp³-hybridized carbons (Fsp3) is 0.500. The number of rotatable bonds is 3. The summed E-state index contributed by atoms with van der Waals surface area (Å²) in [5.41, 5.74) is 1.10. The van der Waals surface area contributed by atoms with Gasteiger partial charge in [0.15, 0.2) is 0 Å². The minimum atomic E-state index is -5.08. The van der Waals surface area contributed by atoms with E-state index in [-0.39, 0.29) is 5.60 Å². The van der Waals surface area contributed by atoms with Crippen molar-refractivity contribution in [2.75, 3.05) is 37.7 Å². The molecule has 0 atom stereocenters. The van der Waals surface area contributed by atoms with Crippen LogP contribution < -0.4 is 4.90 Å².